The number of imidazole rings is 1. The average Bonchev–Trinajstić information content (AvgIpc) is 3.53. The van der Waals surface area contributed by atoms with Crippen molar-refractivity contribution in [2.45, 2.75) is 180 Å². The molecule has 1 heterocycles. The number of aryl methyl sites for hydroxylation is 1. The number of rotatable bonds is 27. The Kier molecular flexibility index (Phi) is 19.0. The van der Waals surface area contributed by atoms with Gasteiger partial charge in [0.2, 0.25) is 0 Å². The molecule has 3 rings (SSSR count). The predicted octanol–water partition coefficient (Wildman–Crippen LogP) is 13.4. The van der Waals surface area contributed by atoms with E-state index < -0.39 is 0 Å². The molecule has 2 atom stereocenters. The van der Waals surface area contributed by atoms with Gasteiger partial charge in [0.05, 0.1) is 0 Å². The van der Waals surface area contributed by atoms with Crippen molar-refractivity contribution in [1.82, 2.24) is 9.55 Å². The third kappa shape index (κ3) is 13.9. The summed E-state index contributed by atoms with van der Waals surface area (Å²) in [4.78, 5) is 5.12. The van der Waals surface area contributed by atoms with Gasteiger partial charge in [0, 0.05) is 30.3 Å². The van der Waals surface area contributed by atoms with Gasteiger partial charge in [-0.05, 0) is 30.4 Å². The molecule has 45 heavy (non-hydrogen) atoms. The minimum Gasteiger partial charge on any atom is -0.335 e. The summed E-state index contributed by atoms with van der Waals surface area (Å²) in [6.07, 6.45) is 34.2. The van der Waals surface area contributed by atoms with Crippen molar-refractivity contribution in [3.63, 3.8) is 0 Å². The minimum atomic E-state index is -0.0239. The van der Waals surface area contributed by atoms with Crippen molar-refractivity contribution < 1.29 is 0 Å². The molecule has 2 unspecified atom stereocenters. The molecule has 2 nitrogen and oxygen atoms in total. The Labute approximate surface area is 278 Å². The lowest BCUT2D eigenvalue weighted by molar-refractivity contribution is 0.321. The van der Waals surface area contributed by atoms with Gasteiger partial charge in [-0.2, -0.15) is 0 Å². The smallest absolute Gasteiger partial charge is 0.112 e. The maximum Gasteiger partial charge on any atom is 0.112 e. The molecule has 2 heteroatoms. The second-order valence-electron chi connectivity index (χ2n) is 14.1. The third-order valence-corrected chi connectivity index (χ3v) is 10.3. The molecule has 0 aliphatic carbocycles. The van der Waals surface area contributed by atoms with Gasteiger partial charge in [-0.3, -0.25) is 0 Å². The highest BCUT2D eigenvalue weighted by Gasteiger charge is 2.39. The summed E-state index contributed by atoms with van der Waals surface area (Å²) < 4.78 is 2.51. The molecule has 0 amide bonds. The highest BCUT2D eigenvalue weighted by Crippen LogP contribution is 2.44. The molecule has 0 saturated heterocycles. The van der Waals surface area contributed by atoms with Gasteiger partial charge >= 0.3 is 0 Å². The summed E-state index contributed by atoms with van der Waals surface area (Å²) in [6, 6.07) is 22.5. The maximum absolute atomic E-state index is 5.12. The van der Waals surface area contributed by atoms with Crippen LogP contribution in [0.5, 0.6) is 0 Å². The monoisotopic (exact) mass is 613 g/mol. The fourth-order valence-corrected chi connectivity index (χ4v) is 7.42. The van der Waals surface area contributed by atoms with E-state index in [9.17, 15) is 0 Å². The molecule has 0 aliphatic heterocycles. The maximum atomic E-state index is 5.12. The molecule has 0 spiro atoms. The van der Waals surface area contributed by atoms with Gasteiger partial charge in [0.15, 0.2) is 0 Å². The first-order valence-electron chi connectivity index (χ1n) is 19.3. The predicted molar refractivity (Wildman–Crippen MR) is 197 cm³/mol. The van der Waals surface area contributed by atoms with E-state index in [0.717, 1.165) is 13.0 Å². The largest absolute Gasteiger partial charge is 0.335 e. The van der Waals surface area contributed by atoms with Crippen LogP contribution >= 0.6 is 0 Å². The van der Waals surface area contributed by atoms with E-state index in [1.807, 2.05) is 0 Å². The molecule has 1 aromatic heterocycles. The van der Waals surface area contributed by atoms with Crippen LogP contribution in [0, 0.1) is 0 Å². The number of unbranched alkanes of at least 4 members (excludes halogenated alkanes) is 18. The van der Waals surface area contributed by atoms with Gasteiger partial charge in [0.1, 0.15) is 5.82 Å². The fraction of sp³-hybridized carbons (Fsp3) is 0.651. The van der Waals surface area contributed by atoms with Gasteiger partial charge in [-0.15, -0.1) is 0 Å². The summed E-state index contributed by atoms with van der Waals surface area (Å²) in [5.74, 6) is 1.69. The van der Waals surface area contributed by atoms with Crippen LogP contribution in [0.15, 0.2) is 73.1 Å². The summed E-state index contributed by atoms with van der Waals surface area (Å²) in [6.45, 7) is 8.21. The van der Waals surface area contributed by atoms with Crippen LogP contribution in [0.25, 0.3) is 0 Å². The first-order valence-corrected chi connectivity index (χ1v) is 19.3. The molecule has 2 aromatic carbocycles. The molecule has 0 aliphatic rings. The first-order chi connectivity index (χ1) is 22.2. The van der Waals surface area contributed by atoms with Crippen LogP contribution < -0.4 is 0 Å². The van der Waals surface area contributed by atoms with E-state index in [1.165, 1.54) is 152 Å². The number of aromatic nitrogens is 2. The van der Waals surface area contributed by atoms with Crippen molar-refractivity contribution in [3.8, 4) is 0 Å². The van der Waals surface area contributed by atoms with Gasteiger partial charge in [0.25, 0.3) is 0 Å². The van der Waals surface area contributed by atoms with Crippen molar-refractivity contribution in [3.05, 3.63) is 90.0 Å². The molecular weight excluding hydrogens is 544 g/mol. The van der Waals surface area contributed by atoms with Crippen LogP contribution in [0.2, 0.25) is 0 Å². The minimum absolute atomic E-state index is 0.0239. The first kappa shape index (κ1) is 37.1. The number of nitrogens with zero attached hydrogens (tertiary/aromatic N) is 2. The standard InChI is InChI=1S/C43H68N2/c1-4-6-8-10-11-12-13-14-15-16-17-18-19-20-28-34-41(42-44-35-37-45(42)36-29-21-9-7-5-2)43(3,40-32-26-23-27-33-40)38-39-30-24-22-25-31-39/h22-27,30-33,35,37,41H,4-21,28-29,34,36,38H2,1-3H3. The van der Waals surface area contributed by atoms with Crippen LogP contribution in [0.4, 0.5) is 0 Å². The number of benzene rings is 2. The second kappa shape index (κ2) is 23.0. The van der Waals surface area contributed by atoms with Gasteiger partial charge in [-0.25, -0.2) is 4.98 Å². The molecule has 0 N–H and O–H groups in total. The highest BCUT2D eigenvalue weighted by molar-refractivity contribution is 5.33. The number of hydrogen-bond donors (Lipinski definition) is 0. The second-order valence-corrected chi connectivity index (χ2v) is 14.1. The fourth-order valence-electron chi connectivity index (χ4n) is 7.42. The zero-order valence-corrected chi connectivity index (χ0v) is 29.7. The molecule has 0 saturated carbocycles. The zero-order valence-electron chi connectivity index (χ0n) is 29.7. The normalized spacial score (nSPS) is 13.6. The van der Waals surface area contributed by atoms with Crippen molar-refractivity contribution in [2.75, 3.05) is 0 Å². The molecular formula is C43H68N2. The lowest BCUT2D eigenvalue weighted by Crippen LogP contribution is -2.35. The Morgan fingerprint density at radius 3 is 1.58 bits per heavy atom. The Bertz CT molecular complexity index is 1090. The highest BCUT2D eigenvalue weighted by atomic mass is 15.1. The van der Waals surface area contributed by atoms with Crippen molar-refractivity contribution in [2.24, 2.45) is 0 Å². The quantitative estimate of drug-likeness (QED) is 0.0783. The Morgan fingerprint density at radius 1 is 0.578 bits per heavy atom. The van der Waals surface area contributed by atoms with Crippen LogP contribution in [0.1, 0.15) is 178 Å². The molecule has 0 radical (unpaired) electrons. The van der Waals surface area contributed by atoms with Crippen molar-refractivity contribution >= 4 is 0 Å². The average molecular weight is 613 g/mol. The Hall–Kier alpha value is -2.35. The van der Waals surface area contributed by atoms with E-state index >= 15 is 0 Å². The third-order valence-electron chi connectivity index (χ3n) is 10.3. The van der Waals surface area contributed by atoms with Gasteiger partial charge < -0.3 is 4.57 Å². The van der Waals surface area contributed by atoms with E-state index in [1.54, 1.807) is 0 Å². The lowest BCUT2D eigenvalue weighted by atomic mass is 9.66. The lowest BCUT2D eigenvalue weighted by Gasteiger charge is -2.39. The van der Waals surface area contributed by atoms with Crippen LogP contribution in [-0.2, 0) is 18.4 Å². The topological polar surface area (TPSA) is 17.8 Å². The number of hydrogen-bond acceptors (Lipinski definition) is 1. The SMILES string of the molecule is CCCCCCCCCCCCCCCCCC(c1nccn1CCCCCCC)C(C)(Cc1ccccc1)c1ccccc1. The van der Waals surface area contributed by atoms with E-state index in [4.69, 9.17) is 4.98 Å². The van der Waals surface area contributed by atoms with Crippen LogP contribution in [-0.4, -0.2) is 9.55 Å². The van der Waals surface area contributed by atoms with E-state index in [2.05, 4.69) is 98.4 Å². The molecule has 0 bridgehead atoms. The van der Waals surface area contributed by atoms with Crippen LogP contribution in [0.3, 0.4) is 0 Å². The summed E-state index contributed by atoms with van der Waals surface area (Å²) in [5.41, 5.74) is 2.84. The van der Waals surface area contributed by atoms with Gasteiger partial charge in [-0.1, -0.05) is 203 Å². The molecule has 0 fully saturated rings. The molecule has 3 aromatic rings. The Balaban J connectivity index is 1.58. The van der Waals surface area contributed by atoms with Crippen molar-refractivity contribution in [1.29, 1.82) is 0 Å². The van der Waals surface area contributed by atoms with E-state index in [0.29, 0.717) is 5.92 Å². The molecule has 250 valence electrons. The van der Waals surface area contributed by atoms with E-state index in [-0.39, 0.29) is 5.41 Å². The summed E-state index contributed by atoms with van der Waals surface area (Å²) in [5, 5.41) is 0. The zero-order chi connectivity index (χ0) is 31.8. The summed E-state index contributed by atoms with van der Waals surface area (Å²) >= 11 is 0. The summed E-state index contributed by atoms with van der Waals surface area (Å²) in [7, 11) is 0. The Morgan fingerprint density at radius 2 is 1.04 bits per heavy atom.